The minimum Gasteiger partial charge on any atom is -0.360 e. The van der Waals surface area contributed by atoms with Crippen LogP contribution < -0.4 is 0 Å². The quantitative estimate of drug-likeness (QED) is 0.794. The van der Waals surface area contributed by atoms with Crippen molar-refractivity contribution in [2.45, 2.75) is 70.6 Å². The number of ether oxygens (including phenoxy) is 1. The summed E-state index contributed by atoms with van der Waals surface area (Å²) in [6.45, 7) is 10.8. The maximum absolute atomic E-state index is 12.3. The van der Waals surface area contributed by atoms with Gasteiger partial charge in [0.05, 0.1) is 12.1 Å². The summed E-state index contributed by atoms with van der Waals surface area (Å²) in [6, 6.07) is 0.514. The first-order chi connectivity index (χ1) is 9.99. The number of amides is 1. The van der Waals surface area contributed by atoms with Gasteiger partial charge in [-0.2, -0.15) is 13.5 Å². The van der Waals surface area contributed by atoms with Crippen LogP contribution in [0.25, 0.3) is 0 Å². The second kappa shape index (κ2) is 7.10. The van der Waals surface area contributed by atoms with Crippen LogP contribution in [0.1, 0.15) is 52.9 Å². The Balaban J connectivity index is 0.00000176. The summed E-state index contributed by atoms with van der Waals surface area (Å²) < 4.78 is 6.19. The van der Waals surface area contributed by atoms with Gasteiger partial charge >= 0.3 is 0 Å². The Morgan fingerprint density at radius 3 is 2.45 bits per heavy atom. The summed E-state index contributed by atoms with van der Waals surface area (Å²) in [5.41, 5.74) is -0.0652. The molecule has 3 rings (SSSR count). The monoisotopic (exact) mass is 328 g/mol. The SMILES string of the molecule is CC(C)CCN1CCC2(CC1)CN(C1CC1)C(=O)[C@H](C)O2.S. The van der Waals surface area contributed by atoms with Gasteiger partial charge in [0.15, 0.2) is 0 Å². The molecule has 4 nitrogen and oxygen atoms in total. The van der Waals surface area contributed by atoms with Crippen molar-refractivity contribution in [3.63, 3.8) is 0 Å². The summed E-state index contributed by atoms with van der Waals surface area (Å²) in [6.07, 6.45) is 5.56. The molecular weight excluding hydrogens is 296 g/mol. The van der Waals surface area contributed by atoms with Gasteiger partial charge in [-0.15, -0.1) is 0 Å². The van der Waals surface area contributed by atoms with Crippen LogP contribution in [0, 0.1) is 5.92 Å². The van der Waals surface area contributed by atoms with E-state index in [-0.39, 0.29) is 31.1 Å². The van der Waals surface area contributed by atoms with Gasteiger partial charge in [0.2, 0.25) is 0 Å². The number of piperidine rings is 1. The lowest BCUT2D eigenvalue weighted by atomic mass is 9.88. The minimum absolute atomic E-state index is 0. The molecule has 1 atom stereocenters. The smallest absolute Gasteiger partial charge is 0.251 e. The Bertz CT molecular complexity index is 390. The number of likely N-dealkylation sites (tertiary alicyclic amines) is 1. The van der Waals surface area contributed by atoms with E-state index >= 15 is 0 Å². The Kier molecular flexibility index (Phi) is 5.84. The summed E-state index contributed by atoms with van der Waals surface area (Å²) in [7, 11) is 0. The number of carbonyl (C=O) groups excluding carboxylic acids is 1. The van der Waals surface area contributed by atoms with Crippen molar-refractivity contribution < 1.29 is 9.53 Å². The van der Waals surface area contributed by atoms with Crippen molar-refractivity contribution in [1.82, 2.24) is 9.80 Å². The second-order valence-electron chi connectivity index (χ2n) is 7.66. The fourth-order valence-corrected chi connectivity index (χ4v) is 3.68. The number of carbonyl (C=O) groups is 1. The Labute approximate surface area is 142 Å². The first-order valence-corrected chi connectivity index (χ1v) is 8.70. The number of morpholine rings is 1. The molecule has 1 spiro atoms. The average Bonchev–Trinajstić information content (AvgIpc) is 3.27. The topological polar surface area (TPSA) is 32.8 Å². The standard InChI is InChI=1S/C17H30N2O2.H2S/c1-13(2)6-9-18-10-7-17(8-11-18)12-19(15-4-5-15)16(20)14(3)21-17;/h13-15H,4-12H2,1-3H3;1H2/t14-;/m0./s1. The molecule has 2 heterocycles. The van der Waals surface area contributed by atoms with Crippen LogP contribution in [-0.4, -0.2) is 59.6 Å². The van der Waals surface area contributed by atoms with Gasteiger partial charge in [0.1, 0.15) is 6.10 Å². The normalized spacial score (nSPS) is 29.0. The van der Waals surface area contributed by atoms with Gasteiger partial charge in [0.25, 0.3) is 5.91 Å². The third-order valence-electron chi connectivity index (χ3n) is 5.29. The fourth-order valence-electron chi connectivity index (χ4n) is 3.68. The van der Waals surface area contributed by atoms with Crippen molar-refractivity contribution in [1.29, 1.82) is 0 Å². The van der Waals surface area contributed by atoms with Crippen LogP contribution >= 0.6 is 13.5 Å². The van der Waals surface area contributed by atoms with Crippen LogP contribution in [0.4, 0.5) is 0 Å². The van der Waals surface area contributed by atoms with Gasteiger partial charge in [-0.1, -0.05) is 13.8 Å². The first kappa shape index (κ1) is 18.1. The molecule has 3 aliphatic rings. The zero-order valence-electron chi connectivity index (χ0n) is 14.3. The largest absolute Gasteiger partial charge is 0.360 e. The zero-order chi connectivity index (χ0) is 15.0. The Hall–Kier alpha value is -0.260. The van der Waals surface area contributed by atoms with Crippen LogP contribution in [-0.2, 0) is 9.53 Å². The van der Waals surface area contributed by atoms with Crippen molar-refractivity contribution in [3.8, 4) is 0 Å². The first-order valence-electron chi connectivity index (χ1n) is 8.70. The highest BCUT2D eigenvalue weighted by molar-refractivity contribution is 7.59. The molecule has 22 heavy (non-hydrogen) atoms. The van der Waals surface area contributed by atoms with Gasteiger partial charge in [-0.05, 0) is 51.5 Å². The molecule has 0 unspecified atom stereocenters. The Morgan fingerprint density at radius 1 is 1.27 bits per heavy atom. The van der Waals surface area contributed by atoms with Gasteiger partial charge in [-0.3, -0.25) is 4.79 Å². The molecule has 1 saturated carbocycles. The maximum Gasteiger partial charge on any atom is 0.251 e. The highest BCUT2D eigenvalue weighted by Crippen LogP contribution is 2.38. The predicted octanol–water partition coefficient (Wildman–Crippen LogP) is 2.39. The number of rotatable bonds is 4. The van der Waals surface area contributed by atoms with E-state index in [1.807, 2.05) is 6.92 Å². The van der Waals surface area contributed by atoms with Crippen molar-refractivity contribution >= 4 is 19.4 Å². The third kappa shape index (κ3) is 3.98. The zero-order valence-corrected chi connectivity index (χ0v) is 15.3. The molecule has 5 heteroatoms. The molecule has 2 aliphatic heterocycles. The fraction of sp³-hybridized carbons (Fsp3) is 0.941. The molecule has 128 valence electrons. The average molecular weight is 329 g/mol. The minimum atomic E-state index is -0.249. The highest BCUT2D eigenvalue weighted by Gasteiger charge is 2.48. The summed E-state index contributed by atoms with van der Waals surface area (Å²) in [5, 5.41) is 0. The van der Waals surface area contributed by atoms with Crippen LogP contribution in [0.3, 0.4) is 0 Å². The van der Waals surface area contributed by atoms with E-state index in [2.05, 4.69) is 23.6 Å². The second-order valence-corrected chi connectivity index (χ2v) is 7.66. The van der Waals surface area contributed by atoms with E-state index in [4.69, 9.17) is 4.74 Å². The third-order valence-corrected chi connectivity index (χ3v) is 5.29. The lowest BCUT2D eigenvalue weighted by Crippen LogP contribution is -2.61. The van der Waals surface area contributed by atoms with E-state index in [1.54, 1.807) is 0 Å². The van der Waals surface area contributed by atoms with E-state index < -0.39 is 0 Å². The van der Waals surface area contributed by atoms with Crippen molar-refractivity contribution in [2.75, 3.05) is 26.2 Å². The van der Waals surface area contributed by atoms with Gasteiger partial charge in [0, 0.05) is 19.1 Å². The molecule has 0 radical (unpaired) electrons. The molecule has 3 fully saturated rings. The lowest BCUT2D eigenvalue weighted by Gasteiger charge is -2.49. The highest BCUT2D eigenvalue weighted by atomic mass is 32.1. The molecule has 1 aliphatic carbocycles. The predicted molar refractivity (Wildman–Crippen MR) is 93.5 cm³/mol. The molecule has 0 bridgehead atoms. The van der Waals surface area contributed by atoms with Crippen LogP contribution in [0.15, 0.2) is 0 Å². The summed E-state index contributed by atoms with van der Waals surface area (Å²) in [5.74, 6) is 0.986. The van der Waals surface area contributed by atoms with Gasteiger partial charge < -0.3 is 14.5 Å². The van der Waals surface area contributed by atoms with E-state index in [9.17, 15) is 4.79 Å². The van der Waals surface area contributed by atoms with Crippen molar-refractivity contribution in [2.24, 2.45) is 5.92 Å². The molecule has 0 aromatic heterocycles. The Morgan fingerprint density at radius 2 is 1.91 bits per heavy atom. The number of nitrogens with zero attached hydrogens (tertiary/aromatic N) is 2. The molecule has 0 aromatic rings. The number of hydrogen-bond acceptors (Lipinski definition) is 3. The molecule has 1 amide bonds. The summed E-state index contributed by atoms with van der Waals surface area (Å²) >= 11 is 0. The lowest BCUT2D eigenvalue weighted by molar-refractivity contribution is -0.190. The molecule has 0 aromatic carbocycles. The molecular formula is C17H32N2O2S. The molecule has 2 saturated heterocycles. The van der Waals surface area contributed by atoms with E-state index in [0.717, 1.165) is 38.4 Å². The van der Waals surface area contributed by atoms with Crippen molar-refractivity contribution in [3.05, 3.63) is 0 Å². The van der Waals surface area contributed by atoms with Crippen LogP contribution in [0.2, 0.25) is 0 Å². The molecule has 0 N–H and O–H groups in total. The number of hydrogen-bond donors (Lipinski definition) is 0. The van der Waals surface area contributed by atoms with E-state index in [0.29, 0.717) is 6.04 Å². The van der Waals surface area contributed by atoms with Crippen LogP contribution in [0.5, 0.6) is 0 Å². The summed E-state index contributed by atoms with van der Waals surface area (Å²) in [4.78, 5) is 17.0. The van der Waals surface area contributed by atoms with Gasteiger partial charge in [-0.25, -0.2) is 0 Å². The maximum atomic E-state index is 12.3. The van der Waals surface area contributed by atoms with E-state index in [1.165, 1.54) is 25.8 Å².